The van der Waals surface area contributed by atoms with Crippen LogP contribution in [-0.4, -0.2) is 40.4 Å². The second-order valence-corrected chi connectivity index (χ2v) is 8.32. The molecule has 2 amide bonds. The fourth-order valence-electron chi connectivity index (χ4n) is 4.23. The van der Waals surface area contributed by atoms with Crippen molar-refractivity contribution in [1.82, 2.24) is 25.2 Å². The molecule has 186 valence electrons. The molecule has 0 aliphatic rings. The highest BCUT2D eigenvalue weighted by Crippen LogP contribution is 2.34. The van der Waals surface area contributed by atoms with Gasteiger partial charge in [0.15, 0.2) is 17.2 Å². The standard InChI is InChI=1S/C28H25N5O4/c1-32-16-22(20-11-7-8-12-23(20)32)27(34)29-30-28(35)26-21(17-33(31-26)19-9-5-4-6-10-19)18-13-14-24(36-2)25(15-18)37-3/h4-17H,1-3H3,(H,29,34)(H,30,35). The van der Waals surface area contributed by atoms with Crippen molar-refractivity contribution < 1.29 is 19.1 Å². The molecule has 0 bridgehead atoms. The molecule has 3 aromatic carbocycles. The number of ether oxygens (including phenoxy) is 2. The molecule has 0 atom stereocenters. The Balaban J connectivity index is 1.47. The third-order valence-electron chi connectivity index (χ3n) is 6.08. The van der Waals surface area contributed by atoms with E-state index in [1.165, 1.54) is 0 Å². The Kier molecular flexibility index (Phi) is 6.34. The van der Waals surface area contributed by atoms with E-state index in [1.807, 2.05) is 72.3 Å². The quantitative estimate of drug-likeness (QED) is 0.345. The number of hydrazine groups is 1. The van der Waals surface area contributed by atoms with Gasteiger partial charge < -0.3 is 14.0 Å². The molecule has 5 rings (SSSR count). The first-order valence-electron chi connectivity index (χ1n) is 11.5. The smallest absolute Gasteiger partial charge is 0.290 e. The molecule has 0 saturated heterocycles. The highest BCUT2D eigenvalue weighted by molar-refractivity contribution is 6.08. The molecular formula is C28H25N5O4. The van der Waals surface area contributed by atoms with E-state index in [4.69, 9.17) is 9.47 Å². The molecule has 0 saturated carbocycles. The van der Waals surface area contributed by atoms with Gasteiger partial charge in [0.2, 0.25) is 0 Å². The SMILES string of the molecule is COc1ccc(-c2cn(-c3ccccc3)nc2C(=O)NNC(=O)c2cn(C)c3ccccc23)cc1OC. The summed E-state index contributed by atoms with van der Waals surface area (Å²) in [7, 11) is 4.97. The lowest BCUT2D eigenvalue weighted by molar-refractivity contribution is 0.0845. The minimum atomic E-state index is -0.562. The monoisotopic (exact) mass is 495 g/mol. The lowest BCUT2D eigenvalue weighted by Crippen LogP contribution is -2.42. The second-order valence-electron chi connectivity index (χ2n) is 8.32. The van der Waals surface area contributed by atoms with Crippen molar-refractivity contribution in [2.75, 3.05) is 14.2 Å². The average Bonchev–Trinajstić information content (AvgIpc) is 3.54. The van der Waals surface area contributed by atoms with Gasteiger partial charge in [-0.25, -0.2) is 4.68 Å². The number of benzene rings is 3. The molecule has 9 nitrogen and oxygen atoms in total. The number of nitrogens with one attached hydrogen (secondary N) is 2. The van der Waals surface area contributed by atoms with Gasteiger partial charge in [-0.05, 0) is 35.9 Å². The summed E-state index contributed by atoms with van der Waals surface area (Å²) in [5.74, 6) is 0.0893. The van der Waals surface area contributed by atoms with Gasteiger partial charge in [0.25, 0.3) is 11.8 Å². The third-order valence-corrected chi connectivity index (χ3v) is 6.08. The number of hydrogen-bond acceptors (Lipinski definition) is 5. The Morgan fingerprint density at radius 3 is 2.27 bits per heavy atom. The van der Waals surface area contributed by atoms with Crippen molar-refractivity contribution in [3.63, 3.8) is 0 Å². The lowest BCUT2D eigenvalue weighted by atomic mass is 10.1. The summed E-state index contributed by atoms with van der Waals surface area (Å²) >= 11 is 0. The number of carbonyl (C=O) groups is 2. The molecular weight excluding hydrogens is 470 g/mol. The number of para-hydroxylation sites is 2. The van der Waals surface area contributed by atoms with Crippen LogP contribution >= 0.6 is 0 Å². The molecule has 0 spiro atoms. The van der Waals surface area contributed by atoms with E-state index >= 15 is 0 Å². The first-order valence-corrected chi connectivity index (χ1v) is 11.5. The van der Waals surface area contributed by atoms with Crippen molar-refractivity contribution in [1.29, 1.82) is 0 Å². The van der Waals surface area contributed by atoms with Crippen LogP contribution in [0, 0.1) is 0 Å². The van der Waals surface area contributed by atoms with Crippen LogP contribution in [-0.2, 0) is 7.05 Å². The topological polar surface area (TPSA) is 99.4 Å². The zero-order valence-electron chi connectivity index (χ0n) is 20.6. The number of methoxy groups -OCH3 is 2. The number of aryl methyl sites for hydroxylation is 1. The van der Waals surface area contributed by atoms with E-state index in [0.717, 1.165) is 16.6 Å². The maximum atomic E-state index is 13.3. The largest absolute Gasteiger partial charge is 0.493 e. The van der Waals surface area contributed by atoms with Crippen LogP contribution in [0.2, 0.25) is 0 Å². The molecule has 0 unspecified atom stereocenters. The number of fused-ring (bicyclic) bond motifs is 1. The van der Waals surface area contributed by atoms with Gasteiger partial charge in [-0.15, -0.1) is 0 Å². The molecule has 2 heterocycles. The second kappa shape index (κ2) is 9.90. The minimum Gasteiger partial charge on any atom is -0.493 e. The van der Waals surface area contributed by atoms with Crippen molar-refractivity contribution >= 4 is 22.7 Å². The fourth-order valence-corrected chi connectivity index (χ4v) is 4.23. The Morgan fingerprint density at radius 2 is 1.51 bits per heavy atom. The average molecular weight is 496 g/mol. The number of carbonyl (C=O) groups excluding carboxylic acids is 2. The first-order chi connectivity index (χ1) is 18.0. The van der Waals surface area contributed by atoms with Crippen molar-refractivity contribution in [3.05, 3.63) is 96.4 Å². The van der Waals surface area contributed by atoms with Crippen molar-refractivity contribution in [2.45, 2.75) is 0 Å². The number of rotatable bonds is 6. The van der Waals surface area contributed by atoms with E-state index in [-0.39, 0.29) is 5.69 Å². The Labute approximate surface area is 213 Å². The summed E-state index contributed by atoms with van der Waals surface area (Å²) in [5, 5.41) is 5.32. The molecule has 0 aliphatic heterocycles. The minimum absolute atomic E-state index is 0.134. The van der Waals surface area contributed by atoms with Crippen LogP contribution < -0.4 is 20.3 Å². The van der Waals surface area contributed by atoms with E-state index < -0.39 is 11.8 Å². The van der Waals surface area contributed by atoms with Gasteiger partial charge in [-0.2, -0.15) is 5.10 Å². The van der Waals surface area contributed by atoms with Crippen LogP contribution in [0.25, 0.3) is 27.7 Å². The van der Waals surface area contributed by atoms with Crippen molar-refractivity contribution in [3.8, 4) is 28.3 Å². The zero-order valence-corrected chi connectivity index (χ0v) is 20.6. The number of nitrogens with zero attached hydrogens (tertiary/aromatic N) is 3. The maximum absolute atomic E-state index is 13.3. The molecule has 0 radical (unpaired) electrons. The highest BCUT2D eigenvalue weighted by Gasteiger charge is 2.22. The van der Waals surface area contributed by atoms with Crippen LogP contribution in [0.5, 0.6) is 11.5 Å². The van der Waals surface area contributed by atoms with Crippen LogP contribution in [0.3, 0.4) is 0 Å². The van der Waals surface area contributed by atoms with E-state index in [9.17, 15) is 9.59 Å². The molecule has 0 aliphatic carbocycles. The number of hydrogen-bond donors (Lipinski definition) is 2. The maximum Gasteiger partial charge on any atom is 0.290 e. The van der Waals surface area contributed by atoms with Gasteiger partial charge in [-0.1, -0.05) is 42.5 Å². The molecule has 9 heteroatoms. The van der Waals surface area contributed by atoms with E-state index in [0.29, 0.717) is 28.2 Å². The Hall–Kier alpha value is -5.05. The van der Waals surface area contributed by atoms with Gasteiger partial charge in [0.05, 0.1) is 25.5 Å². The number of amides is 2. The lowest BCUT2D eigenvalue weighted by Gasteiger charge is -2.10. The van der Waals surface area contributed by atoms with Gasteiger partial charge in [0, 0.05) is 35.9 Å². The molecule has 2 aromatic heterocycles. The summed E-state index contributed by atoms with van der Waals surface area (Å²) in [4.78, 5) is 26.3. The van der Waals surface area contributed by atoms with Crippen LogP contribution in [0.4, 0.5) is 0 Å². The summed E-state index contributed by atoms with van der Waals surface area (Å²) in [5.41, 5.74) is 8.58. The highest BCUT2D eigenvalue weighted by atomic mass is 16.5. The van der Waals surface area contributed by atoms with Crippen molar-refractivity contribution in [2.24, 2.45) is 7.05 Å². The van der Waals surface area contributed by atoms with Crippen LogP contribution in [0.1, 0.15) is 20.8 Å². The molecule has 2 N–H and O–H groups in total. The molecule has 37 heavy (non-hydrogen) atoms. The molecule has 5 aromatic rings. The Bertz CT molecular complexity index is 1600. The normalized spacial score (nSPS) is 10.8. The predicted molar refractivity (Wildman–Crippen MR) is 140 cm³/mol. The zero-order chi connectivity index (χ0) is 25.9. The fraction of sp³-hybridized carbons (Fsp3) is 0.107. The summed E-state index contributed by atoms with van der Waals surface area (Å²) in [6, 6.07) is 22.4. The summed E-state index contributed by atoms with van der Waals surface area (Å²) in [6.45, 7) is 0. The Morgan fingerprint density at radius 1 is 0.811 bits per heavy atom. The third kappa shape index (κ3) is 4.50. The van der Waals surface area contributed by atoms with Gasteiger partial charge in [-0.3, -0.25) is 20.4 Å². The van der Waals surface area contributed by atoms with Gasteiger partial charge >= 0.3 is 0 Å². The summed E-state index contributed by atoms with van der Waals surface area (Å²) < 4.78 is 14.3. The van der Waals surface area contributed by atoms with Crippen LogP contribution in [0.15, 0.2) is 85.2 Å². The van der Waals surface area contributed by atoms with E-state index in [1.54, 1.807) is 43.4 Å². The first kappa shape index (κ1) is 23.7. The van der Waals surface area contributed by atoms with E-state index in [2.05, 4.69) is 16.0 Å². The van der Waals surface area contributed by atoms with Gasteiger partial charge in [0.1, 0.15) is 0 Å². The number of aromatic nitrogens is 3. The molecule has 0 fully saturated rings. The predicted octanol–water partition coefficient (Wildman–Crippen LogP) is 4.12. The summed E-state index contributed by atoms with van der Waals surface area (Å²) in [6.07, 6.45) is 3.49.